The molecular weight excluding hydrogens is 438 g/mol. The lowest BCUT2D eigenvalue weighted by Gasteiger charge is -2.33. The van der Waals surface area contributed by atoms with Crippen molar-refractivity contribution in [3.8, 4) is 5.75 Å². The van der Waals surface area contributed by atoms with Gasteiger partial charge in [-0.1, -0.05) is 39.8 Å². The van der Waals surface area contributed by atoms with E-state index < -0.39 is 47.8 Å². The number of hydrogen-bond acceptors (Lipinski definition) is 6. The number of carbonyl (C=O) groups excluding carboxylic acids is 3. The van der Waals surface area contributed by atoms with Gasteiger partial charge in [-0.15, -0.1) is 0 Å². The van der Waals surface area contributed by atoms with Gasteiger partial charge in [-0.2, -0.15) is 0 Å². The number of nitrogens with one attached hydrogen (secondary N) is 3. The van der Waals surface area contributed by atoms with Crippen LogP contribution in [-0.4, -0.2) is 53.3 Å². The molecule has 2 bridgehead atoms. The first kappa shape index (κ1) is 27.4. The SMILES string of the molecule is CC(C)C[C@@H]1NC(=O)[C@@H](NC(=O)OC(C)(C)C)[C@H](C(C)C)Oc2ccc(cc2)[C@H](O)CNC1=O. The number of ether oxygens (including phenoxy) is 2. The predicted octanol–water partition coefficient (Wildman–Crippen LogP) is 2.68. The van der Waals surface area contributed by atoms with Gasteiger partial charge in [-0.05, 0) is 56.7 Å². The Labute approximate surface area is 202 Å². The van der Waals surface area contributed by atoms with Crippen molar-refractivity contribution in [3.05, 3.63) is 29.8 Å². The van der Waals surface area contributed by atoms with E-state index in [0.29, 0.717) is 17.7 Å². The van der Waals surface area contributed by atoms with Crippen molar-refractivity contribution in [1.82, 2.24) is 16.0 Å². The summed E-state index contributed by atoms with van der Waals surface area (Å²) in [6, 6.07) is 4.82. The van der Waals surface area contributed by atoms with Crippen LogP contribution in [0.4, 0.5) is 4.79 Å². The van der Waals surface area contributed by atoms with Crippen LogP contribution in [-0.2, 0) is 14.3 Å². The van der Waals surface area contributed by atoms with Crippen LogP contribution < -0.4 is 20.7 Å². The van der Waals surface area contributed by atoms with Gasteiger partial charge < -0.3 is 30.5 Å². The lowest BCUT2D eigenvalue weighted by atomic mass is 9.96. The van der Waals surface area contributed by atoms with Crippen LogP contribution in [0.3, 0.4) is 0 Å². The van der Waals surface area contributed by atoms with Crippen LogP contribution in [0.15, 0.2) is 24.3 Å². The summed E-state index contributed by atoms with van der Waals surface area (Å²) < 4.78 is 11.5. The fourth-order valence-corrected chi connectivity index (χ4v) is 3.65. The van der Waals surface area contributed by atoms with Gasteiger partial charge in [0.25, 0.3) is 0 Å². The molecule has 0 spiro atoms. The number of aliphatic hydroxyl groups excluding tert-OH is 1. The highest BCUT2D eigenvalue weighted by atomic mass is 16.6. The molecule has 0 radical (unpaired) electrons. The molecule has 2 heterocycles. The first-order chi connectivity index (χ1) is 15.8. The summed E-state index contributed by atoms with van der Waals surface area (Å²) in [4.78, 5) is 39.0. The van der Waals surface area contributed by atoms with Crippen molar-refractivity contribution < 1.29 is 29.0 Å². The third-order valence-corrected chi connectivity index (χ3v) is 5.29. The molecule has 3 rings (SSSR count). The van der Waals surface area contributed by atoms with Crippen molar-refractivity contribution in [1.29, 1.82) is 0 Å². The Morgan fingerprint density at radius 2 is 1.76 bits per heavy atom. The number of hydrogen-bond donors (Lipinski definition) is 4. The zero-order chi connectivity index (χ0) is 25.6. The molecule has 0 saturated carbocycles. The minimum atomic E-state index is -1.12. The Kier molecular flexibility index (Phi) is 9.32. The maximum Gasteiger partial charge on any atom is 0.408 e. The molecular formula is C25H39N3O6. The number of fused-ring (bicyclic) bond motifs is 11. The largest absolute Gasteiger partial charge is 0.487 e. The van der Waals surface area contributed by atoms with E-state index >= 15 is 0 Å². The van der Waals surface area contributed by atoms with Crippen molar-refractivity contribution in [2.24, 2.45) is 11.8 Å². The van der Waals surface area contributed by atoms with Crippen molar-refractivity contribution >= 4 is 17.9 Å². The minimum Gasteiger partial charge on any atom is -0.487 e. The summed E-state index contributed by atoms with van der Waals surface area (Å²) in [5, 5.41) is 18.6. The molecule has 1 aromatic rings. The van der Waals surface area contributed by atoms with Gasteiger partial charge >= 0.3 is 6.09 Å². The second-order valence-corrected chi connectivity index (χ2v) is 10.5. The standard InChI is InChI=1S/C25H39N3O6/c1-14(2)12-18-22(30)26-13-19(29)16-8-10-17(11-9-16)33-21(15(3)4)20(23(31)27-18)28-24(32)34-25(5,6)7/h8-11,14-15,18-21,29H,12-13H2,1-7H3,(H,26,30)(H,27,31)(H,28,32)/t18-,19+,20-,21-/m0/s1. The van der Waals surface area contributed by atoms with Gasteiger partial charge in [-0.3, -0.25) is 9.59 Å². The summed E-state index contributed by atoms with van der Waals surface area (Å²) in [5.74, 6) is -0.548. The average molecular weight is 478 g/mol. The van der Waals surface area contributed by atoms with Gasteiger partial charge in [-0.25, -0.2) is 4.79 Å². The van der Waals surface area contributed by atoms with Crippen LogP contribution in [0.2, 0.25) is 0 Å². The highest BCUT2D eigenvalue weighted by Crippen LogP contribution is 2.23. The van der Waals surface area contributed by atoms with E-state index in [-0.39, 0.29) is 18.4 Å². The molecule has 9 nitrogen and oxygen atoms in total. The van der Waals surface area contributed by atoms with E-state index in [1.54, 1.807) is 45.0 Å². The van der Waals surface area contributed by atoms with Crippen molar-refractivity contribution in [2.75, 3.05) is 6.54 Å². The van der Waals surface area contributed by atoms with E-state index in [9.17, 15) is 19.5 Å². The smallest absolute Gasteiger partial charge is 0.408 e. The van der Waals surface area contributed by atoms with E-state index in [1.165, 1.54) is 0 Å². The number of benzene rings is 1. The molecule has 2 aliphatic heterocycles. The van der Waals surface area contributed by atoms with Crippen LogP contribution >= 0.6 is 0 Å². The van der Waals surface area contributed by atoms with Crippen molar-refractivity contribution in [2.45, 2.75) is 84.8 Å². The average Bonchev–Trinajstić information content (AvgIpc) is 2.71. The molecule has 9 heteroatoms. The molecule has 3 amide bonds. The predicted molar refractivity (Wildman–Crippen MR) is 128 cm³/mol. The quantitative estimate of drug-likeness (QED) is 0.528. The molecule has 0 aliphatic carbocycles. The molecule has 4 atom stereocenters. The molecule has 190 valence electrons. The number of aliphatic hydroxyl groups is 1. The van der Waals surface area contributed by atoms with Gasteiger partial charge in [0.05, 0.1) is 6.10 Å². The van der Waals surface area contributed by atoms with Gasteiger partial charge in [0.2, 0.25) is 11.8 Å². The Hall–Kier alpha value is -2.81. The molecule has 4 N–H and O–H groups in total. The monoisotopic (exact) mass is 477 g/mol. The summed E-state index contributed by atoms with van der Waals surface area (Å²) in [5.41, 5.74) is -0.133. The zero-order valence-electron chi connectivity index (χ0n) is 21.2. The summed E-state index contributed by atoms with van der Waals surface area (Å²) in [6.45, 7) is 12.8. The topological polar surface area (TPSA) is 126 Å². The third kappa shape index (κ3) is 8.20. The van der Waals surface area contributed by atoms with Crippen molar-refractivity contribution in [3.63, 3.8) is 0 Å². The molecule has 0 unspecified atom stereocenters. The van der Waals surface area contributed by atoms with Gasteiger partial charge in [0.1, 0.15) is 29.5 Å². The van der Waals surface area contributed by atoms with Crippen LogP contribution in [0.25, 0.3) is 0 Å². The van der Waals surface area contributed by atoms with E-state index in [1.807, 2.05) is 27.7 Å². The highest BCUT2D eigenvalue weighted by molar-refractivity contribution is 5.91. The van der Waals surface area contributed by atoms with E-state index in [0.717, 1.165) is 0 Å². The lowest BCUT2D eigenvalue weighted by Crippen LogP contribution is -2.60. The molecule has 0 aromatic heterocycles. The summed E-state index contributed by atoms with van der Waals surface area (Å²) in [7, 11) is 0. The molecule has 0 saturated heterocycles. The van der Waals surface area contributed by atoms with Gasteiger partial charge in [0, 0.05) is 6.54 Å². The maximum absolute atomic E-state index is 13.5. The number of amides is 3. The second-order valence-electron chi connectivity index (χ2n) is 10.5. The van der Waals surface area contributed by atoms with Crippen LogP contribution in [0.1, 0.15) is 66.6 Å². The molecule has 1 aromatic carbocycles. The summed E-state index contributed by atoms with van der Waals surface area (Å²) >= 11 is 0. The number of alkyl carbamates (subject to hydrolysis) is 1. The lowest BCUT2D eigenvalue weighted by molar-refractivity contribution is -0.132. The Bertz CT molecular complexity index is 847. The third-order valence-electron chi connectivity index (χ3n) is 5.29. The Balaban J connectivity index is 2.47. The minimum absolute atomic E-state index is 0.00227. The Morgan fingerprint density at radius 3 is 2.29 bits per heavy atom. The fraction of sp³-hybridized carbons (Fsp3) is 0.640. The molecule has 0 fully saturated rings. The van der Waals surface area contributed by atoms with E-state index in [4.69, 9.17) is 9.47 Å². The second kappa shape index (κ2) is 11.6. The zero-order valence-corrected chi connectivity index (χ0v) is 21.2. The first-order valence-electron chi connectivity index (χ1n) is 11.8. The number of carbonyl (C=O) groups is 3. The van der Waals surface area contributed by atoms with Gasteiger partial charge in [0.15, 0.2) is 0 Å². The first-order valence-corrected chi connectivity index (χ1v) is 11.8. The molecule has 2 aliphatic rings. The number of rotatable bonds is 4. The normalized spacial score (nSPS) is 24.2. The summed E-state index contributed by atoms with van der Waals surface area (Å²) in [6.07, 6.45) is -2.03. The maximum atomic E-state index is 13.5. The van der Waals surface area contributed by atoms with Crippen LogP contribution in [0.5, 0.6) is 5.75 Å². The fourth-order valence-electron chi connectivity index (χ4n) is 3.65. The van der Waals surface area contributed by atoms with E-state index in [2.05, 4.69) is 16.0 Å². The highest BCUT2D eigenvalue weighted by Gasteiger charge is 2.37. The van der Waals surface area contributed by atoms with Crippen LogP contribution in [0, 0.1) is 11.8 Å². The molecule has 34 heavy (non-hydrogen) atoms. The Morgan fingerprint density at radius 1 is 1.15 bits per heavy atom.